The van der Waals surface area contributed by atoms with Crippen molar-refractivity contribution in [3.05, 3.63) is 42.5 Å². The molecule has 0 aliphatic heterocycles. The second-order valence-corrected chi connectivity index (χ2v) is 3.42. The van der Waals surface area contributed by atoms with E-state index in [2.05, 4.69) is 0 Å². The van der Waals surface area contributed by atoms with Gasteiger partial charge in [0.2, 0.25) is 0 Å². The van der Waals surface area contributed by atoms with Gasteiger partial charge in [0.05, 0.1) is 13.0 Å². The van der Waals surface area contributed by atoms with Crippen molar-refractivity contribution >= 4 is 16.7 Å². The van der Waals surface area contributed by atoms with Gasteiger partial charge in [-0.05, 0) is 11.5 Å². The summed E-state index contributed by atoms with van der Waals surface area (Å²) in [5.41, 5.74) is 0. The Morgan fingerprint density at radius 3 is 2.69 bits per heavy atom. The Morgan fingerprint density at radius 1 is 1.12 bits per heavy atom. The highest BCUT2D eigenvalue weighted by atomic mass is 16.5. The van der Waals surface area contributed by atoms with Crippen molar-refractivity contribution in [3.8, 4) is 5.75 Å². The molecule has 2 rings (SSSR count). The van der Waals surface area contributed by atoms with Crippen molar-refractivity contribution in [1.82, 2.24) is 0 Å². The predicted octanol–water partition coefficient (Wildman–Crippen LogP) is 2.13. The molecule has 0 amide bonds. The molecule has 3 heteroatoms. The van der Waals surface area contributed by atoms with Crippen molar-refractivity contribution in [1.29, 1.82) is 0 Å². The van der Waals surface area contributed by atoms with Gasteiger partial charge in [-0.1, -0.05) is 36.4 Å². The van der Waals surface area contributed by atoms with Crippen molar-refractivity contribution in [2.45, 2.75) is 6.42 Å². The lowest BCUT2D eigenvalue weighted by atomic mass is 10.1. The van der Waals surface area contributed by atoms with E-state index < -0.39 is 5.97 Å². The van der Waals surface area contributed by atoms with Crippen LogP contribution in [0.5, 0.6) is 5.75 Å². The first-order valence-corrected chi connectivity index (χ1v) is 5.10. The summed E-state index contributed by atoms with van der Waals surface area (Å²) in [6.45, 7) is -0.191. The third-order valence-electron chi connectivity index (χ3n) is 2.29. The Bertz CT molecular complexity index is 500. The zero-order chi connectivity index (χ0) is 11.4. The molecule has 2 aromatic carbocycles. The monoisotopic (exact) mass is 216 g/mol. The molecular formula is C13H12O3. The molecule has 0 bridgehead atoms. The number of rotatable bonds is 3. The van der Waals surface area contributed by atoms with Crippen molar-refractivity contribution in [2.24, 2.45) is 0 Å². The van der Waals surface area contributed by atoms with E-state index in [1.165, 1.54) is 0 Å². The van der Waals surface area contributed by atoms with Gasteiger partial charge >= 0.3 is 5.97 Å². The van der Waals surface area contributed by atoms with Gasteiger partial charge in [0.25, 0.3) is 0 Å². The highest BCUT2D eigenvalue weighted by Gasteiger charge is 2.06. The largest absolute Gasteiger partial charge is 0.426 e. The summed E-state index contributed by atoms with van der Waals surface area (Å²) in [7, 11) is 0. The first kappa shape index (κ1) is 10.6. The van der Waals surface area contributed by atoms with Gasteiger partial charge in [0.15, 0.2) is 0 Å². The molecule has 0 saturated heterocycles. The number of carbonyl (C=O) groups excluding carboxylic acids is 1. The van der Waals surface area contributed by atoms with Crippen LogP contribution in [0.1, 0.15) is 6.42 Å². The molecule has 0 aliphatic carbocycles. The molecule has 0 saturated carbocycles. The first-order valence-electron chi connectivity index (χ1n) is 5.10. The van der Waals surface area contributed by atoms with Crippen LogP contribution >= 0.6 is 0 Å². The minimum atomic E-state index is -0.418. The number of ether oxygens (including phenoxy) is 1. The Kier molecular flexibility index (Phi) is 3.17. The van der Waals surface area contributed by atoms with E-state index in [4.69, 9.17) is 9.84 Å². The minimum absolute atomic E-state index is 0.0171. The molecule has 2 aromatic rings. The Labute approximate surface area is 93.3 Å². The van der Waals surface area contributed by atoms with Gasteiger partial charge in [-0.15, -0.1) is 0 Å². The number of hydrogen-bond acceptors (Lipinski definition) is 3. The second kappa shape index (κ2) is 4.77. The lowest BCUT2D eigenvalue weighted by Crippen LogP contribution is -2.09. The summed E-state index contributed by atoms with van der Waals surface area (Å²) in [5, 5.41) is 10.6. The first-order chi connectivity index (χ1) is 7.81. The zero-order valence-electron chi connectivity index (χ0n) is 8.72. The van der Waals surface area contributed by atoms with E-state index >= 15 is 0 Å². The summed E-state index contributed by atoms with van der Waals surface area (Å²) >= 11 is 0. The smallest absolute Gasteiger partial charge is 0.313 e. The molecule has 0 spiro atoms. The van der Waals surface area contributed by atoms with Crippen LogP contribution in [0.3, 0.4) is 0 Å². The molecule has 0 fully saturated rings. The maximum atomic E-state index is 11.3. The van der Waals surface area contributed by atoms with Crippen LogP contribution in [0.15, 0.2) is 42.5 Å². The summed E-state index contributed by atoms with van der Waals surface area (Å²) in [6, 6.07) is 13.2. The molecule has 1 N–H and O–H groups in total. The molecule has 0 heterocycles. The fourth-order valence-corrected chi connectivity index (χ4v) is 1.55. The van der Waals surface area contributed by atoms with Gasteiger partial charge in [-0.3, -0.25) is 4.79 Å². The van der Waals surface area contributed by atoms with E-state index in [9.17, 15) is 4.79 Å². The normalized spacial score (nSPS) is 10.3. The summed E-state index contributed by atoms with van der Waals surface area (Å²) < 4.78 is 5.17. The number of esters is 1. The highest BCUT2D eigenvalue weighted by molar-refractivity contribution is 5.90. The molecule has 3 nitrogen and oxygen atoms in total. The molecule has 16 heavy (non-hydrogen) atoms. The number of benzene rings is 2. The van der Waals surface area contributed by atoms with Crippen LogP contribution < -0.4 is 4.74 Å². The number of carbonyl (C=O) groups is 1. The van der Waals surface area contributed by atoms with Crippen LogP contribution in [0.25, 0.3) is 10.8 Å². The van der Waals surface area contributed by atoms with Gasteiger partial charge < -0.3 is 9.84 Å². The standard InChI is InChI=1S/C13H12O3/c14-9-8-13(15)16-12-7-3-5-10-4-1-2-6-11(10)12/h1-7,14H,8-9H2. The molecule has 0 aromatic heterocycles. The number of hydrogen-bond donors (Lipinski definition) is 1. The fourth-order valence-electron chi connectivity index (χ4n) is 1.55. The van der Waals surface area contributed by atoms with Crippen molar-refractivity contribution in [3.63, 3.8) is 0 Å². The lowest BCUT2D eigenvalue weighted by Gasteiger charge is -2.06. The van der Waals surface area contributed by atoms with Gasteiger partial charge in [0.1, 0.15) is 5.75 Å². The van der Waals surface area contributed by atoms with Gasteiger partial charge in [-0.25, -0.2) is 0 Å². The van der Waals surface area contributed by atoms with Crippen LogP contribution in [0, 0.1) is 0 Å². The quantitative estimate of drug-likeness (QED) is 0.631. The Morgan fingerprint density at radius 2 is 1.88 bits per heavy atom. The maximum absolute atomic E-state index is 11.3. The molecule has 0 radical (unpaired) electrons. The van der Waals surface area contributed by atoms with E-state index in [0.717, 1.165) is 10.8 Å². The van der Waals surface area contributed by atoms with Gasteiger partial charge in [0, 0.05) is 5.39 Å². The number of fused-ring (bicyclic) bond motifs is 1. The maximum Gasteiger partial charge on any atom is 0.313 e. The number of aliphatic hydroxyl groups is 1. The Hall–Kier alpha value is -1.87. The average molecular weight is 216 g/mol. The molecule has 0 unspecified atom stereocenters. The van der Waals surface area contributed by atoms with Gasteiger partial charge in [-0.2, -0.15) is 0 Å². The number of aliphatic hydroxyl groups excluding tert-OH is 1. The van der Waals surface area contributed by atoms with E-state index in [1.807, 2.05) is 36.4 Å². The van der Waals surface area contributed by atoms with E-state index in [1.54, 1.807) is 6.07 Å². The van der Waals surface area contributed by atoms with E-state index in [0.29, 0.717) is 5.75 Å². The van der Waals surface area contributed by atoms with Crippen LogP contribution in [-0.4, -0.2) is 17.7 Å². The van der Waals surface area contributed by atoms with Crippen LogP contribution in [-0.2, 0) is 4.79 Å². The van der Waals surface area contributed by atoms with Crippen LogP contribution in [0.2, 0.25) is 0 Å². The molecular weight excluding hydrogens is 204 g/mol. The SMILES string of the molecule is O=C(CCO)Oc1cccc2ccccc12. The topological polar surface area (TPSA) is 46.5 Å². The fraction of sp³-hybridized carbons (Fsp3) is 0.154. The minimum Gasteiger partial charge on any atom is -0.426 e. The summed E-state index contributed by atoms with van der Waals surface area (Å²) in [4.78, 5) is 11.3. The van der Waals surface area contributed by atoms with Crippen molar-refractivity contribution in [2.75, 3.05) is 6.61 Å². The molecule has 0 aliphatic rings. The zero-order valence-corrected chi connectivity index (χ0v) is 8.72. The molecule has 82 valence electrons. The third-order valence-corrected chi connectivity index (χ3v) is 2.29. The Balaban J connectivity index is 2.33. The molecule has 0 atom stereocenters. The van der Waals surface area contributed by atoms with E-state index in [-0.39, 0.29) is 13.0 Å². The second-order valence-electron chi connectivity index (χ2n) is 3.42. The summed E-state index contributed by atoms with van der Waals surface area (Å²) in [6.07, 6.45) is 0.0171. The lowest BCUT2D eigenvalue weighted by molar-refractivity contribution is -0.134. The highest BCUT2D eigenvalue weighted by Crippen LogP contribution is 2.25. The van der Waals surface area contributed by atoms with Crippen LogP contribution in [0.4, 0.5) is 0 Å². The third kappa shape index (κ3) is 2.20. The average Bonchev–Trinajstić information content (AvgIpc) is 2.30. The van der Waals surface area contributed by atoms with Crippen molar-refractivity contribution < 1.29 is 14.6 Å². The summed E-state index contributed by atoms with van der Waals surface area (Å²) in [5.74, 6) is 0.121. The predicted molar refractivity (Wildman–Crippen MR) is 61.3 cm³/mol.